The van der Waals surface area contributed by atoms with Crippen LogP contribution in [0.4, 0.5) is 0 Å². The van der Waals surface area contributed by atoms with Gasteiger partial charge in [0, 0.05) is 6.54 Å². The zero-order valence-electron chi connectivity index (χ0n) is 9.65. The van der Waals surface area contributed by atoms with Crippen LogP contribution in [0.1, 0.15) is 19.3 Å². The fraction of sp³-hybridized carbons (Fsp3) is 1.00. The lowest BCUT2D eigenvalue weighted by Crippen LogP contribution is -2.34. The van der Waals surface area contributed by atoms with Gasteiger partial charge in [-0.15, -0.1) is 0 Å². The molecule has 0 aromatic heterocycles. The maximum Gasteiger partial charge on any atom is 0.0897 e. The van der Waals surface area contributed by atoms with Gasteiger partial charge in [0.2, 0.25) is 0 Å². The van der Waals surface area contributed by atoms with Crippen LogP contribution in [0.15, 0.2) is 0 Å². The molecule has 0 aromatic rings. The number of rotatable bonds is 6. The minimum atomic E-state index is -0.594. The number of piperidine rings is 1. The van der Waals surface area contributed by atoms with Crippen molar-refractivity contribution in [1.29, 1.82) is 0 Å². The van der Waals surface area contributed by atoms with E-state index in [-0.39, 0.29) is 6.61 Å². The molecule has 0 saturated carbocycles. The summed E-state index contributed by atoms with van der Waals surface area (Å²) in [4.78, 5) is 2.10. The molecule has 0 aliphatic carbocycles. The van der Waals surface area contributed by atoms with Gasteiger partial charge in [-0.2, -0.15) is 0 Å². The maximum absolute atomic E-state index is 9.26. The van der Waals surface area contributed by atoms with Crippen LogP contribution in [-0.4, -0.2) is 61.1 Å². The highest BCUT2D eigenvalue weighted by Crippen LogP contribution is 2.15. The first-order valence-corrected chi connectivity index (χ1v) is 5.90. The third-order valence-corrected chi connectivity index (χ3v) is 3.11. The van der Waals surface area contributed by atoms with E-state index in [1.807, 2.05) is 7.05 Å². The smallest absolute Gasteiger partial charge is 0.0897 e. The predicted octanol–water partition coefficient (Wildman–Crippen LogP) is -0.339. The van der Waals surface area contributed by atoms with E-state index in [0.29, 0.717) is 6.54 Å². The predicted molar refractivity (Wildman–Crippen MR) is 60.8 cm³/mol. The summed E-state index contributed by atoms with van der Waals surface area (Å²) in [6.45, 7) is 3.74. The SMILES string of the molecule is CN(CCC1CCNCC1)CC(O)CO. The summed E-state index contributed by atoms with van der Waals surface area (Å²) < 4.78 is 0. The molecule has 0 amide bonds. The van der Waals surface area contributed by atoms with Crippen molar-refractivity contribution in [3.63, 3.8) is 0 Å². The number of hydrogen-bond donors (Lipinski definition) is 3. The quantitative estimate of drug-likeness (QED) is 0.569. The van der Waals surface area contributed by atoms with Crippen LogP contribution in [0.5, 0.6) is 0 Å². The summed E-state index contributed by atoms with van der Waals surface area (Å²) in [5.74, 6) is 0.833. The first kappa shape index (κ1) is 12.9. The van der Waals surface area contributed by atoms with E-state index in [2.05, 4.69) is 10.2 Å². The van der Waals surface area contributed by atoms with Gasteiger partial charge >= 0.3 is 0 Å². The standard InChI is InChI=1S/C11H24N2O2/c1-13(8-11(15)9-14)7-4-10-2-5-12-6-3-10/h10-12,14-15H,2-9H2,1H3. The van der Waals surface area contributed by atoms with Crippen molar-refractivity contribution in [2.45, 2.75) is 25.4 Å². The minimum absolute atomic E-state index is 0.141. The summed E-state index contributed by atoms with van der Waals surface area (Å²) >= 11 is 0. The highest BCUT2D eigenvalue weighted by Gasteiger charge is 2.14. The maximum atomic E-state index is 9.26. The highest BCUT2D eigenvalue weighted by atomic mass is 16.3. The second-order valence-corrected chi connectivity index (χ2v) is 4.58. The van der Waals surface area contributed by atoms with Crippen LogP contribution in [0, 0.1) is 5.92 Å². The van der Waals surface area contributed by atoms with Crippen LogP contribution in [-0.2, 0) is 0 Å². The topological polar surface area (TPSA) is 55.7 Å². The Morgan fingerprint density at radius 3 is 2.67 bits per heavy atom. The van der Waals surface area contributed by atoms with Crippen molar-refractivity contribution < 1.29 is 10.2 Å². The van der Waals surface area contributed by atoms with E-state index in [0.717, 1.165) is 25.6 Å². The van der Waals surface area contributed by atoms with Gasteiger partial charge in [0.25, 0.3) is 0 Å². The van der Waals surface area contributed by atoms with E-state index in [1.54, 1.807) is 0 Å². The molecular weight excluding hydrogens is 192 g/mol. The summed E-state index contributed by atoms with van der Waals surface area (Å²) in [5.41, 5.74) is 0. The molecule has 1 heterocycles. The molecule has 1 fully saturated rings. The summed E-state index contributed by atoms with van der Waals surface area (Å²) in [5, 5.41) is 21.3. The van der Waals surface area contributed by atoms with Gasteiger partial charge in [-0.25, -0.2) is 0 Å². The molecule has 1 unspecified atom stereocenters. The van der Waals surface area contributed by atoms with E-state index < -0.39 is 6.10 Å². The van der Waals surface area contributed by atoms with Crippen molar-refractivity contribution in [2.75, 3.05) is 39.8 Å². The average molecular weight is 216 g/mol. The second kappa shape index (κ2) is 7.17. The van der Waals surface area contributed by atoms with E-state index in [1.165, 1.54) is 19.3 Å². The van der Waals surface area contributed by atoms with E-state index in [4.69, 9.17) is 5.11 Å². The van der Waals surface area contributed by atoms with Gasteiger partial charge in [0.1, 0.15) is 0 Å². The molecule has 1 saturated heterocycles. The molecular formula is C11H24N2O2. The zero-order valence-corrected chi connectivity index (χ0v) is 9.65. The summed E-state index contributed by atoms with van der Waals surface area (Å²) in [6, 6.07) is 0. The molecule has 1 aliphatic heterocycles. The van der Waals surface area contributed by atoms with Crippen LogP contribution in [0.2, 0.25) is 0 Å². The Bertz CT molecular complexity index is 161. The number of nitrogens with zero attached hydrogens (tertiary/aromatic N) is 1. The molecule has 3 N–H and O–H groups in total. The third-order valence-electron chi connectivity index (χ3n) is 3.11. The Hall–Kier alpha value is -0.160. The van der Waals surface area contributed by atoms with Gasteiger partial charge in [0.05, 0.1) is 12.7 Å². The molecule has 1 aliphatic rings. The fourth-order valence-electron chi connectivity index (χ4n) is 2.08. The third kappa shape index (κ3) is 5.47. The van der Waals surface area contributed by atoms with Gasteiger partial charge in [-0.05, 0) is 51.9 Å². The average Bonchev–Trinajstić information content (AvgIpc) is 2.27. The molecule has 15 heavy (non-hydrogen) atoms. The largest absolute Gasteiger partial charge is 0.394 e. The molecule has 4 nitrogen and oxygen atoms in total. The van der Waals surface area contributed by atoms with Crippen LogP contribution in [0.25, 0.3) is 0 Å². The monoisotopic (exact) mass is 216 g/mol. The number of likely N-dealkylation sites (N-methyl/N-ethyl adjacent to an activating group) is 1. The van der Waals surface area contributed by atoms with Gasteiger partial charge in [0.15, 0.2) is 0 Å². The van der Waals surface area contributed by atoms with Crippen molar-refractivity contribution in [1.82, 2.24) is 10.2 Å². The van der Waals surface area contributed by atoms with Gasteiger partial charge in [-0.1, -0.05) is 0 Å². The first-order chi connectivity index (χ1) is 7.22. The number of hydrogen-bond acceptors (Lipinski definition) is 4. The zero-order chi connectivity index (χ0) is 11.1. The molecule has 0 aromatic carbocycles. The Balaban J connectivity index is 2.07. The highest BCUT2D eigenvalue weighted by molar-refractivity contribution is 4.70. The Kier molecular flexibility index (Phi) is 6.17. The molecule has 4 heteroatoms. The van der Waals surface area contributed by atoms with E-state index in [9.17, 15) is 5.11 Å². The summed E-state index contributed by atoms with van der Waals surface area (Å²) in [7, 11) is 2.00. The molecule has 90 valence electrons. The normalized spacial score (nSPS) is 20.8. The Morgan fingerprint density at radius 2 is 2.07 bits per heavy atom. The fourth-order valence-corrected chi connectivity index (χ4v) is 2.08. The van der Waals surface area contributed by atoms with Crippen LogP contribution < -0.4 is 5.32 Å². The van der Waals surface area contributed by atoms with Gasteiger partial charge in [-0.3, -0.25) is 0 Å². The van der Waals surface area contributed by atoms with Gasteiger partial charge < -0.3 is 20.4 Å². The van der Waals surface area contributed by atoms with Crippen molar-refractivity contribution in [2.24, 2.45) is 5.92 Å². The summed E-state index contributed by atoms with van der Waals surface area (Å²) in [6.07, 6.45) is 3.16. The molecule has 0 spiro atoms. The Labute approximate surface area is 92.3 Å². The van der Waals surface area contributed by atoms with Crippen LogP contribution in [0.3, 0.4) is 0 Å². The molecule has 0 bridgehead atoms. The first-order valence-electron chi connectivity index (χ1n) is 5.90. The van der Waals surface area contributed by atoms with Crippen molar-refractivity contribution in [3.8, 4) is 0 Å². The lowest BCUT2D eigenvalue weighted by molar-refractivity contribution is 0.0647. The van der Waals surface area contributed by atoms with Crippen molar-refractivity contribution >= 4 is 0 Å². The lowest BCUT2D eigenvalue weighted by Gasteiger charge is -2.25. The molecule has 1 atom stereocenters. The minimum Gasteiger partial charge on any atom is -0.394 e. The lowest BCUT2D eigenvalue weighted by atomic mass is 9.94. The number of nitrogens with one attached hydrogen (secondary N) is 1. The van der Waals surface area contributed by atoms with Crippen LogP contribution >= 0.6 is 0 Å². The molecule has 1 rings (SSSR count). The van der Waals surface area contributed by atoms with Crippen molar-refractivity contribution in [3.05, 3.63) is 0 Å². The Morgan fingerprint density at radius 1 is 1.40 bits per heavy atom. The number of aliphatic hydroxyl groups excluding tert-OH is 2. The second-order valence-electron chi connectivity index (χ2n) is 4.58. The van der Waals surface area contributed by atoms with E-state index >= 15 is 0 Å². The molecule has 0 radical (unpaired) electrons. The number of aliphatic hydroxyl groups is 2.